The van der Waals surface area contributed by atoms with Gasteiger partial charge in [-0.05, 0) is 12.0 Å². The summed E-state index contributed by atoms with van der Waals surface area (Å²) in [4.78, 5) is 21.7. The molecule has 1 atom stereocenters. The molecule has 0 radical (unpaired) electrons. The second kappa shape index (κ2) is 6.68. The van der Waals surface area contributed by atoms with Crippen LogP contribution in [-0.4, -0.2) is 31.7 Å². The fraction of sp³-hybridized carbons (Fsp3) is 0.818. The van der Waals surface area contributed by atoms with Gasteiger partial charge in [-0.25, -0.2) is 0 Å². The number of rotatable bonds is 7. The van der Waals surface area contributed by atoms with Gasteiger partial charge in [0.1, 0.15) is 0 Å². The molecule has 0 rings (SSSR count). The van der Waals surface area contributed by atoms with Crippen LogP contribution in [0.15, 0.2) is 0 Å². The van der Waals surface area contributed by atoms with Crippen molar-refractivity contribution in [3.63, 3.8) is 0 Å². The van der Waals surface area contributed by atoms with Crippen LogP contribution in [0, 0.1) is 5.92 Å². The van der Waals surface area contributed by atoms with E-state index in [1.54, 1.807) is 6.92 Å². The Bertz CT molecular complexity index is 245. The Hall–Kier alpha value is -0.843. The molecule has 0 aliphatic rings. The number of aliphatic carboxylic acids is 1. The third kappa shape index (κ3) is 9.70. The van der Waals surface area contributed by atoms with Crippen LogP contribution in [-0.2, 0) is 14.3 Å². The molecule has 0 unspecified atom stereocenters. The van der Waals surface area contributed by atoms with Gasteiger partial charge in [0.25, 0.3) is 0 Å². The highest BCUT2D eigenvalue weighted by molar-refractivity contribution is 6.76. The van der Waals surface area contributed by atoms with Gasteiger partial charge in [0.2, 0.25) is 0 Å². The smallest absolute Gasteiger partial charge is 0.306 e. The first-order chi connectivity index (χ1) is 7.20. The van der Waals surface area contributed by atoms with E-state index in [1.165, 1.54) is 0 Å². The minimum Gasteiger partial charge on any atom is -0.481 e. The second-order valence-corrected chi connectivity index (χ2v) is 11.1. The minimum absolute atomic E-state index is 0.0170. The average molecular weight is 246 g/mol. The molecule has 5 heteroatoms. The molecule has 4 nitrogen and oxygen atoms in total. The lowest BCUT2D eigenvalue weighted by molar-refractivity contribution is -0.144. The van der Waals surface area contributed by atoms with E-state index in [1.807, 2.05) is 0 Å². The molecular formula is C11H22O4Si. The number of carboxylic acids is 1. The van der Waals surface area contributed by atoms with E-state index >= 15 is 0 Å². The Morgan fingerprint density at radius 3 is 2.25 bits per heavy atom. The SMILES string of the molecule is C[C@@H](CC(=O)O)CC(=O)OCC[Si](C)(C)C. The lowest BCUT2D eigenvalue weighted by Crippen LogP contribution is -2.23. The maximum absolute atomic E-state index is 11.3. The average Bonchev–Trinajstić information content (AvgIpc) is 1.98. The van der Waals surface area contributed by atoms with E-state index in [4.69, 9.17) is 9.84 Å². The molecule has 0 aliphatic heterocycles. The third-order valence-electron chi connectivity index (χ3n) is 2.15. The molecule has 1 N–H and O–H groups in total. The van der Waals surface area contributed by atoms with E-state index in [0.29, 0.717) is 6.61 Å². The topological polar surface area (TPSA) is 63.6 Å². The van der Waals surface area contributed by atoms with Crippen LogP contribution in [0.2, 0.25) is 25.7 Å². The number of hydrogen-bond acceptors (Lipinski definition) is 3. The fourth-order valence-electron chi connectivity index (χ4n) is 1.18. The summed E-state index contributed by atoms with van der Waals surface area (Å²) in [5, 5.41) is 8.53. The molecule has 0 aromatic carbocycles. The van der Waals surface area contributed by atoms with Crippen molar-refractivity contribution in [2.75, 3.05) is 6.61 Å². The van der Waals surface area contributed by atoms with E-state index in [9.17, 15) is 9.59 Å². The fourth-order valence-corrected chi connectivity index (χ4v) is 1.90. The van der Waals surface area contributed by atoms with E-state index in [2.05, 4.69) is 19.6 Å². The molecule has 0 amide bonds. The standard InChI is InChI=1S/C11H22O4Si/c1-9(7-10(12)13)8-11(14)15-5-6-16(2,3)4/h9H,5-8H2,1-4H3,(H,12,13)/t9-/m0/s1. The summed E-state index contributed by atoms with van der Waals surface area (Å²) in [6.45, 7) is 8.86. The zero-order valence-corrected chi connectivity index (χ0v) is 11.6. The van der Waals surface area contributed by atoms with Crippen molar-refractivity contribution in [2.24, 2.45) is 5.92 Å². The molecule has 0 aromatic rings. The predicted octanol–water partition coefficient (Wildman–Crippen LogP) is 2.37. The normalized spacial score (nSPS) is 13.2. The zero-order chi connectivity index (χ0) is 12.8. The van der Waals surface area contributed by atoms with Crippen LogP contribution in [0.5, 0.6) is 0 Å². The summed E-state index contributed by atoms with van der Waals surface area (Å²) >= 11 is 0. The summed E-state index contributed by atoms with van der Waals surface area (Å²) in [6.07, 6.45) is 0.209. The van der Waals surface area contributed by atoms with Crippen LogP contribution in [0.3, 0.4) is 0 Å². The highest BCUT2D eigenvalue weighted by atomic mass is 28.3. The van der Waals surface area contributed by atoms with E-state index in [0.717, 1.165) is 6.04 Å². The number of hydrogen-bond donors (Lipinski definition) is 1. The van der Waals surface area contributed by atoms with Crippen molar-refractivity contribution in [3.05, 3.63) is 0 Å². The van der Waals surface area contributed by atoms with E-state index in [-0.39, 0.29) is 24.7 Å². The predicted molar refractivity (Wildman–Crippen MR) is 65.1 cm³/mol. The maximum atomic E-state index is 11.3. The molecule has 94 valence electrons. The highest BCUT2D eigenvalue weighted by Gasteiger charge is 2.16. The third-order valence-corrected chi connectivity index (χ3v) is 3.86. The number of carbonyl (C=O) groups excluding carboxylic acids is 1. The number of carboxylic acid groups (broad SMARTS) is 1. The van der Waals surface area contributed by atoms with Gasteiger partial charge in [-0.15, -0.1) is 0 Å². The van der Waals surface area contributed by atoms with Gasteiger partial charge in [0, 0.05) is 20.9 Å². The van der Waals surface area contributed by atoms with Gasteiger partial charge in [-0.2, -0.15) is 0 Å². The number of carbonyl (C=O) groups is 2. The summed E-state index contributed by atoms with van der Waals surface area (Å²) < 4.78 is 5.07. The Morgan fingerprint density at radius 2 is 1.81 bits per heavy atom. The van der Waals surface area contributed by atoms with Gasteiger partial charge in [0.05, 0.1) is 6.61 Å². The largest absolute Gasteiger partial charge is 0.481 e. The van der Waals surface area contributed by atoms with Crippen LogP contribution in [0.25, 0.3) is 0 Å². The van der Waals surface area contributed by atoms with Gasteiger partial charge in [0.15, 0.2) is 0 Å². The first-order valence-electron chi connectivity index (χ1n) is 5.58. The monoisotopic (exact) mass is 246 g/mol. The van der Waals surface area contributed by atoms with Crippen molar-refractivity contribution < 1.29 is 19.4 Å². The lowest BCUT2D eigenvalue weighted by Gasteiger charge is -2.15. The molecule has 0 spiro atoms. The second-order valence-electron chi connectivity index (χ2n) is 5.44. The first kappa shape index (κ1) is 15.2. The molecule has 0 saturated carbocycles. The Morgan fingerprint density at radius 1 is 1.25 bits per heavy atom. The molecule has 0 aromatic heterocycles. The summed E-state index contributed by atoms with van der Waals surface area (Å²) in [5.41, 5.74) is 0. The van der Waals surface area contributed by atoms with Crippen molar-refractivity contribution in [3.8, 4) is 0 Å². The van der Waals surface area contributed by atoms with E-state index < -0.39 is 14.0 Å². The first-order valence-corrected chi connectivity index (χ1v) is 9.29. The highest BCUT2D eigenvalue weighted by Crippen LogP contribution is 2.11. The van der Waals surface area contributed by atoms with Gasteiger partial charge >= 0.3 is 11.9 Å². The van der Waals surface area contributed by atoms with Crippen LogP contribution >= 0.6 is 0 Å². The molecule has 0 fully saturated rings. The summed E-state index contributed by atoms with van der Waals surface area (Å²) in [7, 11) is -1.16. The van der Waals surface area contributed by atoms with Gasteiger partial charge < -0.3 is 9.84 Å². The Balaban J connectivity index is 3.70. The Labute approximate surface area is 98.0 Å². The number of ether oxygens (including phenoxy) is 1. The quantitative estimate of drug-likeness (QED) is 0.553. The number of esters is 1. The Kier molecular flexibility index (Phi) is 6.33. The van der Waals surface area contributed by atoms with Crippen molar-refractivity contribution >= 4 is 20.0 Å². The molecule has 16 heavy (non-hydrogen) atoms. The van der Waals surface area contributed by atoms with Crippen LogP contribution < -0.4 is 0 Å². The maximum Gasteiger partial charge on any atom is 0.306 e. The lowest BCUT2D eigenvalue weighted by atomic mass is 10.0. The minimum atomic E-state index is -1.16. The zero-order valence-electron chi connectivity index (χ0n) is 10.6. The molecular weight excluding hydrogens is 224 g/mol. The van der Waals surface area contributed by atoms with Gasteiger partial charge in [-0.3, -0.25) is 9.59 Å². The van der Waals surface area contributed by atoms with Gasteiger partial charge in [-0.1, -0.05) is 26.6 Å². The summed E-state index contributed by atoms with van der Waals surface area (Å²) in [5.74, 6) is -1.31. The van der Waals surface area contributed by atoms with Crippen LogP contribution in [0.1, 0.15) is 19.8 Å². The van der Waals surface area contributed by atoms with Crippen molar-refractivity contribution in [1.82, 2.24) is 0 Å². The molecule has 0 saturated heterocycles. The molecule has 0 heterocycles. The van der Waals surface area contributed by atoms with Crippen molar-refractivity contribution in [1.29, 1.82) is 0 Å². The summed E-state index contributed by atoms with van der Waals surface area (Å²) in [6, 6.07) is 0.950. The van der Waals surface area contributed by atoms with Crippen molar-refractivity contribution in [2.45, 2.75) is 45.5 Å². The molecule has 0 bridgehead atoms. The molecule has 0 aliphatic carbocycles. The van der Waals surface area contributed by atoms with Crippen LogP contribution in [0.4, 0.5) is 0 Å².